The van der Waals surface area contributed by atoms with E-state index >= 15 is 0 Å². The van der Waals surface area contributed by atoms with Crippen molar-refractivity contribution in [2.24, 2.45) is 11.3 Å². The van der Waals surface area contributed by atoms with Crippen LogP contribution < -0.4 is 0 Å². The Morgan fingerprint density at radius 1 is 0.936 bits per heavy atom. The maximum atomic E-state index is 13.8. The Balaban J connectivity index is 1.78. The van der Waals surface area contributed by atoms with Crippen LogP contribution in [0.15, 0.2) is 63.6 Å². The second-order valence-electron chi connectivity index (χ2n) is 16.4. The van der Waals surface area contributed by atoms with Crippen LogP contribution in [0.2, 0.25) is 18.1 Å². The van der Waals surface area contributed by atoms with Gasteiger partial charge >= 0.3 is 10.2 Å². The van der Waals surface area contributed by atoms with Gasteiger partial charge < -0.3 is 18.6 Å². The summed E-state index contributed by atoms with van der Waals surface area (Å²) in [7, 11) is -12.1. The van der Waals surface area contributed by atoms with Crippen molar-refractivity contribution in [3.63, 3.8) is 0 Å². The smallest absolute Gasteiger partial charge is 0.310 e. The molecule has 3 aliphatic heterocycles. The van der Waals surface area contributed by atoms with E-state index in [9.17, 15) is 19.4 Å². The van der Waals surface area contributed by atoms with E-state index in [4.69, 9.17) is 18.6 Å². The monoisotopic (exact) mass is 704 g/mol. The fourth-order valence-corrected chi connectivity index (χ4v) is 9.53. The number of benzene rings is 1. The van der Waals surface area contributed by atoms with Crippen LogP contribution in [0.5, 0.6) is 0 Å². The van der Waals surface area contributed by atoms with Crippen molar-refractivity contribution in [2.45, 2.75) is 121 Å². The summed E-state index contributed by atoms with van der Waals surface area (Å²) in [5.41, 5.74) is 4.66. The number of ether oxygens (including phenoxy) is 3. The minimum absolute atomic E-state index is 0.0436. The standard InChI is InChI=1S/C36H53F5O4SSi/c1-24-22-35(6,7)23-29(45-47(8,9)34(3,4)5)30(24)32-31(25(2)26-14-18-42-19-15-26)33(44-36(32)16-20-43-21-17-36)27-10-12-28(13-11-27)46(37,38,39,40)41/h10-13,26,29,33H,1,14-23H2,2-9H3/b31-25-,32-30-/t29-,33+/m0/s1. The molecule has 0 unspecified atom stereocenters. The van der Waals surface area contributed by atoms with Gasteiger partial charge in [-0.2, -0.15) is 0 Å². The molecule has 3 heterocycles. The van der Waals surface area contributed by atoms with Gasteiger partial charge in [-0.15, -0.1) is 0 Å². The number of halogens is 5. The zero-order valence-electron chi connectivity index (χ0n) is 29.3. The van der Waals surface area contributed by atoms with Crippen LogP contribution in [0.4, 0.5) is 19.4 Å². The zero-order valence-corrected chi connectivity index (χ0v) is 31.1. The average molecular weight is 705 g/mol. The van der Waals surface area contributed by atoms with Crippen LogP contribution in [-0.4, -0.2) is 46.4 Å². The molecule has 266 valence electrons. The zero-order chi connectivity index (χ0) is 34.9. The molecule has 3 saturated heterocycles. The first-order chi connectivity index (χ1) is 21.3. The molecule has 1 spiro atoms. The molecular weight excluding hydrogens is 652 g/mol. The number of allylic oxidation sites excluding steroid dienone is 1. The van der Waals surface area contributed by atoms with Gasteiger partial charge in [0.1, 0.15) is 11.0 Å². The van der Waals surface area contributed by atoms with Crippen LogP contribution in [0, 0.1) is 11.3 Å². The Morgan fingerprint density at radius 2 is 1.49 bits per heavy atom. The Bertz CT molecular complexity index is 1450. The van der Waals surface area contributed by atoms with E-state index in [1.165, 1.54) is 0 Å². The highest BCUT2D eigenvalue weighted by molar-refractivity contribution is 8.45. The first kappa shape index (κ1) is 36.8. The van der Waals surface area contributed by atoms with Gasteiger partial charge in [0.2, 0.25) is 0 Å². The normalized spacial score (nSPS) is 30.3. The highest BCUT2D eigenvalue weighted by Crippen LogP contribution is 3.02. The molecule has 0 bridgehead atoms. The molecule has 2 atom stereocenters. The Labute approximate surface area is 279 Å². The minimum Gasteiger partial charge on any atom is -0.410 e. The summed E-state index contributed by atoms with van der Waals surface area (Å²) < 4.78 is 94.8. The minimum atomic E-state index is -9.85. The lowest BCUT2D eigenvalue weighted by atomic mass is 9.67. The molecule has 0 radical (unpaired) electrons. The lowest BCUT2D eigenvalue weighted by Crippen LogP contribution is -2.48. The Kier molecular flexibility index (Phi) is 9.01. The number of hydrogen-bond acceptors (Lipinski definition) is 4. The van der Waals surface area contributed by atoms with Gasteiger partial charge in [0.15, 0.2) is 8.32 Å². The molecule has 4 fully saturated rings. The van der Waals surface area contributed by atoms with Crippen molar-refractivity contribution < 1.29 is 38.1 Å². The highest BCUT2D eigenvalue weighted by Gasteiger charge is 2.65. The average Bonchev–Trinajstić information content (AvgIpc) is 3.24. The molecule has 1 aliphatic carbocycles. The summed E-state index contributed by atoms with van der Waals surface area (Å²) >= 11 is 0. The Hall–Kier alpha value is -1.50. The predicted molar refractivity (Wildman–Crippen MR) is 182 cm³/mol. The molecular formula is C36H53F5O4SSi. The second kappa shape index (κ2) is 11.5. The van der Waals surface area contributed by atoms with E-state index in [1.54, 1.807) is 0 Å². The SMILES string of the molecule is C=C1CC(C)(C)C[C@H](O[Si](C)(C)C(C)(C)C)/C1=C1/C(=C(\C)C2CCOCC2)[C@@H](c2ccc(S(F)(F)(F)(F)F)cc2)OC12CCOCC2. The van der Waals surface area contributed by atoms with Crippen LogP contribution in [0.3, 0.4) is 0 Å². The molecule has 0 amide bonds. The molecule has 0 aromatic heterocycles. The van der Waals surface area contributed by atoms with E-state index in [0.29, 0.717) is 57.0 Å². The van der Waals surface area contributed by atoms with Gasteiger partial charge in [0.05, 0.1) is 11.7 Å². The maximum absolute atomic E-state index is 13.8. The van der Waals surface area contributed by atoms with Crippen molar-refractivity contribution in [3.8, 4) is 0 Å². The molecule has 1 saturated carbocycles. The largest absolute Gasteiger partial charge is 0.410 e. The topological polar surface area (TPSA) is 36.9 Å². The third-order valence-corrected chi connectivity index (χ3v) is 16.8. The third kappa shape index (κ3) is 7.50. The summed E-state index contributed by atoms with van der Waals surface area (Å²) in [6, 6.07) is 3.35. The van der Waals surface area contributed by atoms with E-state index in [0.717, 1.165) is 65.7 Å². The Morgan fingerprint density at radius 3 is 2.02 bits per heavy atom. The van der Waals surface area contributed by atoms with E-state index < -0.39 is 35.1 Å². The first-order valence-corrected chi connectivity index (χ1v) is 21.7. The third-order valence-electron chi connectivity index (χ3n) is 11.2. The van der Waals surface area contributed by atoms with Gasteiger partial charge in [-0.05, 0) is 102 Å². The van der Waals surface area contributed by atoms with Gasteiger partial charge in [0.25, 0.3) is 0 Å². The molecule has 1 aromatic carbocycles. The molecule has 47 heavy (non-hydrogen) atoms. The maximum Gasteiger partial charge on any atom is 0.310 e. The summed E-state index contributed by atoms with van der Waals surface area (Å²) in [5.74, 6) is 0.174. The van der Waals surface area contributed by atoms with Crippen LogP contribution in [0.1, 0.15) is 91.7 Å². The van der Waals surface area contributed by atoms with Gasteiger partial charge in [-0.1, -0.05) is 78.3 Å². The molecule has 11 heteroatoms. The number of hydrogen-bond donors (Lipinski definition) is 0. The lowest BCUT2D eigenvalue weighted by molar-refractivity contribution is -0.0889. The van der Waals surface area contributed by atoms with Crippen molar-refractivity contribution in [1.29, 1.82) is 0 Å². The summed E-state index contributed by atoms with van der Waals surface area (Å²) in [5, 5.41) is -0.0436. The predicted octanol–water partition coefficient (Wildman–Crippen LogP) is 11.8. The van der Waals surface area contributed by atoms with Gasteiger partial charge in [-0.3, -0.25) is 0 Å². The molecule has 4 aliphatic rings. The molecule has 5 rings (SSSR count). The highest BCUT2D eigenvalue weighted by atomic mass is 32.5. The quantitative estimate of drug-likeness (QED) is 0.226. The fraction of sp³-hybridized carbons (Fsp3) is 0.667. The van der Waals surface area contributed by atoms with Crippen molar-refractivity contribution >= 4 is 18.5 Å². The van der Waals surface area contributed by atoms with Crippen LogP contribution in [-0.2, 0) is 18.6 Å². The van der Waals surface area contributed by atoms with Crippen molar-refractivity contribution in [1.82, 2.24) is 0 Å². The lowest BCUT2D eigenvalue weighted by Gasteiger charge is -2.47. The fourth-order valence-electron chi connectivity index (χ4n) is 7.62. The van der Waals surface area contributed by atoms with E-state index in [2.05, 4.69) is 61.2 Å². The molecule has 0 N–H and O–H groups in total. The first-order valence-electron chi connectivity index (χ1n) is 16.8. The van der Waals surface area contributed by atoms with Crippen LogP contribution >= 0.6 is 10.2 Å². The summed E-state index contributed by atoms with van der Waals surface area (Å²) in [4.78, 5) is -1.90. The summed E-state index contributed by atoms with van der Waals surface area (Å²) in [6.07, 6.45) is 3.28. The second-order valence-corrected chi connectivity index (χ2v) is 23.6. The molecule has 1 aromatic rings. The van der Waals surface area contributed by atoms with Gasteiger partial charge in [0, 0.05) is 39.3 Å². The van der Waals surface area contributed by atoms with Crippen molar-refractivity contribution in [3.05, 3.63) is 64.3 Å². The summed E-state index contributed by atoms with van der Waals surface area (Å²) in [6.45, 7) is 24.6. The molecule has 4 nitrogen and oxygen atoms in total. The van der Waals surface area contributed by atoms with Crippen molar-refractivity contribution in [2.75, 3.05) is 26.4 Å². The van der Waals surface area contributed by atoms with Gasteiger partial charge in [-0.25, -0.2) is 0 Å². The number of rotatable bonds is 5. The van der Waals surface area contributed by atoms with E-state index in [-0.39, 0.29) is 22.5 Å². The van der Waals surface area contributed by atoms with Crippen LogP contribution in [0.25, 0.3) is 0 Å². The van der Waals surface area contributed by atoms with E-state index in [1.807, 2.05) is 0 Å².